The lowest BCUT2D eigenvalue weighted by Gasteiger charge is -2.06. The van der Waals surface area contributed by atoms with Gasteiger partial charge in [-0.05, 0) is 49.1 Å². The second-order valence-electron chi connectivity index (χ2n) is 4.03. The number of hydrogen-bond donors (Lipinski definition) is 1. The molecule has 2 heteroatoms. The molecule has 1 nitrogen and oxygen atoms in total. The third-order valence-electron chi connectivity index (χ3n) is 2.56. The zero-order chi connectivity index (χ0) is 11.6. The maximum Gasteiger partial charge on any atom is 0.119 e. The van der Waals surface area contributed by atoms with E-state index in [1.807, 2.05) is 0 Å². The monoisotopic (exact) mass is 238 g/mol. The molecule has 0 aliphatic heterocycles. The summed E-state index contributed by atoms with van der Waals surface area (Å²) in [4.78, 5) is 0. The summed E-state index contributed by atoms with van der Waals surface area (Å²) in [5.74, 6) is 1.93. The van der Waals surface area contributed by atoms with Gasteiger partial charge < -0.3 is 4.74 Å². The number of benzene rings is 1. The van der Waals surface area contributed by atoms with Gasteiger partial charge in [0.1, 0.15) is 5.75 Å². The van der Waals surface area contributed by atoms with Crippen molar-refractivity contribution in [3.8, 4) is 5.75 Å². The Labute approximate surface area is 105 Å². The summed E-state index contributed by atoms with van der Waals surface area (Å²) in [6, 6.07) is 8.49. The zero-order valence-corrected chi connectivity index (χ0v) is 11.0. The smallest absolute Gasteiger partial charge is 0.119 e. The molecule has 0 amide bonds. The number of rotatable bonds is 8. The highest BCUT2D eigenvalue weighted by atomic mass is 32.1. The maximum atomic E-state index is 5.63. The molecule has 0 aromatic heterocycles. The lowest BCUT2D eigenvalue weighted by Crippen LogP contribution is -1.97. The normalized spacial score (nSPS) is 10.4. The summed E-state index contributed by atoms with van der Waals surface area (Å²) in [5.41, 5.74) is 1.41. The van der Waals surface area contributed by atoms with Gasteiger partial charge in [-0.15, -0.1) is 0 Å². The standard InChI is InChI=1S/C14H22OS/c1-2-3-6-13-7-9-14(10-8-13)15-11-4-5-12-16/h7-10,16H,2-6,11-12H2,1H3. The van der Waals surface area contributed by atoms with Gasteiger partial charge >= 0.3 is 0 Å². The Morgan fingerprint density at radius 2 is 1.81 bits per heavy atom. The Balaban J connectivity index is 2.27. The van der Waals surface area contributed by atoms with Crippen LogP contribution in [-0.4, -0.2) is 12.4 Å². The van der Waals surface area contributed by atoms with Crippen LogP contribution in [0.15, 0.2) is 24.3 Å². The molecule has 0 unspecified atom stereocenters. The number of aryl methyl sites for hydroxylation is 1. The van der Waals surface area contributed by atoms with E-state index in [2.05, 4.69) is 43.8 Å². The predicted octanol–water partition coefficient (Wildman–Crippen LogP) is 4.12. The summed E-state index contributed by atoms with van der Waals surface area (Å²) in [7, 11) is 0. The molecule has 0 saturated carbocycles. The van der Waals surface area contributed by atoms with Gasteiger partial charge in [-0.25, -0.2) is 0 Å². The van der Waals surface area contributed by atoms with Crippen molar-refractivity contribution < 1.29 is 4.74 Å². The number of ether oxygens (including phenoxy) is 1. The van der Waals surface area contributed by atoms with Gasteiger partial charge in [0, 0.05) is 0 Å². The van der Waals surface area contributed by atoms with Gasteiger partial charge in [-0.1, -0.05) is 25.5 Å². The van der Waals surface area contributed by atoms with Gasteiger partial charge in [0.25, 0.3) is 0 Å². The third kappa shape index (κ3) is 5.45. The molecule has 0 fully saturated rings. The van der Waals surface area contributed by atoms with E-state index in [9.17, 15) is 0 Å². The van der Waals surface area contributed by atoms with Gasteiger partial charge in [-0.3, -0.25) is 0 Å². The molecule has 0 heterocycles. The molecule has 1 rings (SSSR count). The van der Waals surface area contributed by atoms with Gasteiger partial charge in [-0.2, -0.15) is 12.6 Å². The molecule has 1 aromatic carbocycles. The fourth-order valence-corrected chi connectivity index (χ4v) is 1.76. The summed E-state index contributed by atoms with van der Waals surface area (Å²) < 4.78 is 5.63. The Morgan fingerprint density at radius 3 is 2.44 bits per heavy atom. The van der Waals surface area contributed by atoms with E-state index in [1.54, 1.807) is 0 Å². The predicted molar refractivity (Wildman–Crippen MR) is 73.6 cm³/mol. The van der Waals surface area contributed by atoms with Crippen LogP contribution in [0.3, 0.4) is 0 Å². The zero-order valence-electron chi connectivity index (χ0n) is 10.1. The first-order valence-electron chi connectivity index (χ1n) is 6.19. The quantitative estimate of drug-likeness (QED) is 0.529. The highest BCUT2D eigenvalue weighted by Gasteiger charge is 1.95. The summed E-state index contributed by atoms with van der Waals surface area (Å²) in [5, 5.41) is 0. The van der Waals surface area contributed by atoms with Crippen molar-refractivity contribution in [2.45, 2.75) is 39.0 Å². The Kier molecular flexibility index (Phi) is 7.15. The first kappa shape index (κ1) is 13.4. The Bertz CT molecular complexity index is 269. The van der Waals surface area contributed by atoms with Gasteiger partial charge in [0.2, 0.25) is 0 Å². The number of unbranched alkanes of at least 4 members (excludes halogenated alkanes) is 2. The van der Waals surface area contributed by atoms with E-state index < -0.39 is 0 Å². The minimum absolute atomic E-state index is 0.800. The summed E-state index contributed by atoms with van der Waals surface area (Å²) in [6.07, 6.45) is 5.90. The van der Waals surface area contributed by atoms with Crippen LogP contribution in [0.4, 0.5) is 0 Å². The molecule has 0 aliphatic carbocycles. The van der Waals surface area contributed by atoms with Gasteiger partial charge in [0.15, 0.2) is 0 Å². The van der Waals surface area contributed by atoms with E-state index in [0.29, 0.717) is 0 Å². The van der Waals surface area contributed by atoms with Crippen LogP contribution in [0.25, 0.3) is 0 Å². The van der Waals surface area contributed by atoms with Crippen LogP contribution in [0, 0.1) is 0 Å². The first-order valence-corrected chi connectivity index (χ1v) is 6.82. The second-order valence-corrected chi connectivity index (χ2v) is 4.47. The van der Waals surface area contributed by atoms with E-state index >= 15 is 0 Å². The summed E-state index contributed by atoms with van der Waals surface area (Å²) >= 11 is 4.17. The van der Waals surface area contributed by atoms with E-state index in [4.69, 9.17) is 4.74 Å². The second kappa shape index (κ2) is 8.51. The highest BCUT2D eigenvalue weighted by molar-refractivity contribution is 7.80. The first-order chi connectivity index (χ1) is 7.86. The topological polar surface area (TPSA) is 9.23 Å². The molecule has 0 N–H and O–H groups in total. The lowest BCUT2D eigenvalue weighted by atomic mass is 10.1. The SMILES string of the molecule is CCCCc1ccc(OCCCCS)cc1. The van der Waals surface area contributed by atoms with Crippen molar-refractivity contribution in [3.63, 3.8) is 0 Å². The highest BCUT2D eigenvalue weighted by Crippen LogP contribution is 2.14. The van der Waals surface area contributed by atoms with Crippen molar-refractivity contribution >= 4 is 12.6 Å². The van der Waals surface area contributed by atoms with Crippen LogP contribution in [0.5, 0.6) is 5.75 Å². The molecule has 90 valence electrons. The van der Waals surface area contributed by atoms with Crippen molar-refractivity contribution in [2.75, 3.05) is 12.4 Å². The lowest BCUT2D eigenvalue weighted by molar-refractivity contribution is 0.310. The largest absolute Gasteiger partial charge is 0.494 e. The molecule has 0 bridgehead atoms. The molecular formula is C14H22OS. The Morgan fingerprint density at radius 1 is 1.06 bits per heavy atom. The van der Waals surface area contributed by atoms with E-state index in [0.717, 1.165) is 31.0 Å². The molecule has 16 heavy (non-hydrogen) atoms. The van der Waals surface area contributed by atoms with Crippen LogP contribution in [-0.2, 0) is 6.42 Å². The molecule has 1 aromatic rings. The van der Waals surface area contributed by atoms with Crippen molar-refractivity contribution in [1.29, 1.82) is 0 Å². The number of hydrogen-bond acceptors (Lipinski definition) is 2. The fourth-order valence-electron chi connectivity index (χ4n) is 1.54. The average Bonchev–Trinajstić information content (AvgIpc) is 2.33. The molecule has 0 atom stereocenters. The van der Waals surface area contributed by atoms with E-state index in [1.165, 1.54) is 24.8 Å². The van der Waals surface area contributed by atoms with Crippen LogP contribution >= 0.6 is 12.6 Å². The fraction of sp³-hybridized carbons (Fsp3) is 0.571. The minimum atomic E-state index is 0.800. The van der Waals surface area contributed by atoms with Crippen molar-refractivity contribution in [3.05, 3.63) is 29.8 Å². The summed E-state index contributed by atoms with van der Waals surface area (Å²) in [6.45, 7) is 3.02. The van der Waals surface area contributed by atoms with E-state index in [-0.39, 0.29) is 0 Å². The Hall–Kier alpha value is -0.630. The molecule has 0 spiro atoms. The van der Waals surface area contributed by atoms with Crippen LogP contribution < -0.4 is 4.74 Å². The van der Waals surface area contributed by atoms with Crippen LogP contribution in [0.2, 0.25) is 0 Å². The maximum absolute atomic E-state index is 5.63. The van der Waals surface area contributed by atoms with Crippen LogP contribution in [0.1, 0.15) is 38.2 Å². The van der Waals surface area contributed by atoms with Gasteiger partial charge in [0.05, 0.1) is 6.61 Å². The minimum Gasteiger partial charge on any atom is -0.494 e. The van der Waals surface area contributed by atoms with Crippen molar-refractivity contribution in [2.24, 2.45) is 0 Å². The molecule has 0 saturated heterocycles. The third-order valence-corrected chi connectivity index (χ3v) is 2.88. The molecular weight excluding hydrogens is 216 g/mol. The number of thiol groups is 1. The van der Waals surface area contributed by atoms with Crippen molar-refractivity contribution in [1.82, 2.24) is 0 Å². The molecule has 0 aliphatic rings. The average molecular weight is 238 g/mol. The molecule has 0 radical (unpaired) electrons.